The fourth-order valence-corrected chi connectivity index (χ4v) is 2.15. The lowest BCUT2D eigenvalue weighted by Crippen LogP contribution is -2.46. The largest absolute Gasteiger partial charge is 0.481 e. The lowest BCUT2D eigenvalue weighted by molar-refractivity contribution is -0.139. The standard InChI is InChI=1S/C13H24N2O4/c1-10(2)15(6-3-4-13(17)18)12(16)8-11-9-19-7-5-14-11/h10-11,14H,3-9H2,1-2H3,(H,17,18). The van der Waals surface area contributed by atoms with Crippen LogP contribution < -0.4 is 5.32 Å². The summed E-state index contributed by atoms with van der Waals surface area (Å²) in [4.78, 5) is 24.5. The third kappa shape index (κ3) is 6.02. The van der Waals surface area contributed by atoms with Gasteiger partial charge in [-0.05, 0) is 20.3 Å². The number of carbonyl (C=O) groups excluding carboxylic acids is 1. The quantitative estimate of drug-likeness (QED) is 0.704. The average Bonchev–Trinajstić information content (AvgIpc) is 2.35. The Balaban J connectivity index is 2.40. The SMILES string of the molecule is CC(C)N(CCCC(=O)O)C(=O)CC1COCCN1. The Labute approximate surface area is 114 Å². The van der Waals surface area contributed by atoms with Crippen molar-refractivity contribution >= 4 is 11.9 Å². The highest BCUT2D eigenvalue weighted by Gasteiger charge is 2.22. The molecule has 1 saturated heterocycles. The van der Waals surface area contributed by atoms with E-state index in [1.54, 1.807) is 4.90 Å². The topological polar surface area (TPSA) is 78.9 Å². The van der Waals surface area contributed by atoms with Crippen molar-refractivity contribution in [2.75, 3.05) is 26.3 Å². The van der Waals surface area contributed by atoms with Crippen molar-refractivity contribution in [1.82, 2.24) is 10.2 Å². The maximum atomic E-state index is 12.2. The molecule has 0 saturated carbocycles. The minimum atomic E-state index is -0.821. The zero-order chi connectivity index (χ0) is 14.3. The number of aliphatic carboxylic acids is 1. The maximum absolute atomic E-state index is 12.2. The van der Waals surface area contributed by atoms with Gasteiger partial charge in [0, 0.05) is 38.0 Å². The second-order valence-electron chi connectivity index (χ2n) is 5.11. The zero-order valence-corrected chi connectivity index (χ0v) is 11.7. The van der Waals surface area contributed by atoms with E-state index in [-0.39, 0.29) is 24.4 Å². The number of morpholine rings is 1. The van der Waals surface area contributed by atoms with E-state index < -0.39 is 5.97 Å². The van der Waals surface area contributed by atoms with Gasteiger partial charge in [0.25, 0.3) is 0 Å². The molecule has 2 N–H and O–H groups in total. The number of ether oxygens (including phenoxy) is 1. The van der Waals surface area contributed by atoms with Crippen LogP contribution in [-0.2, 0) is 14.3 Å². The van der Waals surface area contributed by atoms with Crippen LogP contribution in [0.5, 0.6) is 0 Å². The second kappa shape index (κ2) is 8.12. The van der Waals surface area contributed by atoms with Crippen molar-refractivity contribution in [3.63, 3.8) is 0 Å². The lowest BCUT2D eigenvalue weighted by Gasteiger charge is -2.30. The van der Waals surface area contributed by atoms with Gasteiger partial charge in [0.05, 0.1) is 13.2 Å². The molecule has 0 aromatic heterocycles. The van der Waals surface area contributed by atoms with E-state index in [2.05, 4.69) is 5.32 Å². The van der Waals surface area contributed by atoms with Gasteiger partial charge >= 0.3 is 5.97 Å². The average molecular weight is 272 g/mol. The minimum absolute atomic E-state index is 0.0587. The van der Waals surface area contributed by atoms with Gasteiger partial charge in [-0.2, -0.15) is 0 Å². The van der Waals surface area contributed by atoms with Crippen LogP contribution in [0.2, 0.25) is 0 Å². The summed E-state index contributed by atoms with van der Waals surface area (Å²) in [5, 5.41) is 11.9. The van der Waals surface area contributed by atoms with Crippen LogP contribution in [0.1, 0.15) is 33.1 Å². The van der Waals surface area contributed by atoms with Crippen LogP contribution in [-0.4, -0.2) is 60.3 Å². The number of hydrogen-bond donors (Lipinski definition) is 2. The van der Waals surface area contributed by atoms with Crippen LogP contribution in [0.3, 0.4) is 0 Å². The Morgan fingerprint density at radius 1 is 1.47 bits per heavy atom. The number of nitrogens with zero attached hydrogens (tertiary/aromatic N) is 1. The van der Waals surface area contributed by atoms with E-state index in [1.165, 1.54) is 0 Å². The zero-order valence-electron chi connectivity index (χ0n) is 11.7. The Kier molecular flexibility index (Phi) is 6.80. The first-order valence-electron chi connectivity index (χ1n) is 6.83. The summed E-state index contributed by atoms with van der Waals surface area (Å²) >= 11 is 0. The molecular formula is C13H24N2O4. The van der Waals surface area contributed by atoms with Gasteiger partial charge in [0.1, 0.15) is 0 Å². The molecule has 19 heavy (non-hydrogen) atoms. The van der Waals surface area contributed by atoms with Crippen molar-refractivity contribution < 1.29 is 19.4 Å². The summed E-state index contributed by atoms with van der Waals surface area (Å²) in [6, 6.07) is 0.160. The number of carbonyl (C=O) groups is 2. The van der Waals surface area contributed by atoms with Crippen molar-refractivity contribution in [3.05, 3.63) is 0 Å². The molecule has 0 aliphatic carbocycles. The molecule has 1 rings (SSSR count). The van der Waals surface area contributed by atoms with Gasteiger partial charge in [0.2, 0.25) is 5.91 Å². The van der Waals surface area contributed by atoms with Crippen LogP contribution in [0.4, 0.5) is 0 Å². The summed E-state index contributed by atoms with van der Waals surface area (Å²) in [5.74, 6) is -0.762. The van der Waals surface area contributed by atoms with Gasteiger partial charge in [-0.15, -0.1) is 0 Å². The normalized spacial score (nSPS) is 19.4. The van der Waals surface area contributed by atoms with E-state index in [9.17, 15) is 9.59 Å². The predicted octanol–water partition coefficient (Wildman–Crippen LogP) is 0.467. The number of carboxylic acid groups (broad SMARTS) is 1. The number of rotatable bonds is 7. The second-order valence-corrected chi connectivity index (χ2v) is 5.11. The molecule has 1 aliphatic heterocycles. The van der Waals surface area contributed by atoms with Crippen molar-refractivity contribution in [2.45, 2.75) is 45.2 Å². The molecule has 0 bridgehead atoms. The molecule has 1 unspecified atom stereocenters. The third-order valence-electron chi connectivity index (χ3n) is 3.15. The summed E-state index contributed by atoms with van der Waals surface area (Å²) in [7, 11) is 0. The molecule has 6 heteroatoms. The van der Waals surface area contributed by atoms with E-state index in [4.69, 9.17) is 9.84 Å². The number of hydrogen-bond acceptors (Lipinski definition) is 4. The molecule has 1 fully saturated rings. The molecule has 1 atom stereocenters. The monoisotopic (exact) mass is 272 g/mol. The lowest BCUT2D eigenvalue weighted by atomic mass is 10.1. The van der Waals surface area contributed by atoms with Gasteiger partial charge in [-0.25, -0.2) is 0 Å². The summed E-state index contributed by atoms with van der Waals surface area (Å²) in [5.41, 5.74) is 0. The highest BCUT2D eigenvalue weighted by Crippen LogP contribution is 2.08. The fourth-order valence-electron chi connectivity index (χ4n) is 2.15. The van der Waals surface area contributed by atoms with Gasteiger partial charge < -0.3 is 20.1 Å². The van der Waals surface area contributed by atoms with Gasteiger partial charge in [-0.1, -0.05) is 0 Å². The first kappa shape index (κ1) is 15.9. The fraction of sp³-hybridized carbons (Fsp3) is 0.846. The molecule has 0 aromatic rings. The number of nitrogens with one attached hydrogen (secondary N) is 1. The smallest absolute Gasteiger partial charge is 0.303 e. The third-order valence-corrected chi connectivity index (χ3v) is 3.15. The van der Waals surface area contributed by atoms with Crippen LogP contribution in [0.15, 0.2) is 0 Å². The van der Waals surface area contributed by atoms with Crippen molar-refractivity contribution in [1.29, 1.82) is 0 Å². The van der Waals surface area contributed by atoms with Crippen molar-refractivity contribution in [2.24, 2.45) is 0 Å². The van der Waals surface area contributed by atoms with Crippen LogP contribution in [0, 0.1) is 0 Å². The Morgan fingerprint density at radius 3 is 2.74 bits per heavy atom. The summed E-state index contributed by atoms with van der Waals surface area (Å²) in [6.07, 6.45) is 1.00. The maximum Gasteiger partial charge on any atom is 0.303 e. The molecule has 110 valence electrons. The molecular weight excluding hydrogens is 248 g/mol. The summed E-state index contributed by atoms with van der Waals surface area (Å²) < 4.78 is 5.32. The van der Waals surface area contributed by atoms with E-state index >= 15 is 0 Å². The predicted molar refractivity (Wildman–Crippen MR) is 70.9 cm³/mol. The Morgan fingerprint density at radius 2 is 2.21 bits per heavy atom. The molecule has 1 heterocycles. The molecule has 6 nitrogen and oxygen atoms in total. The van der Waals surface area contributed by atoms with Crippen molar-refractivity contribution in [3.8, 4) is 0 Å². The highest BCUT2D eigenvalue weighted by molar-refractivity contribution is 5.77. The first-order chi connectivity index (χ1) is 9.00. The number of carboxylic acids is 1. The highest BCUT2D eigenvalue weighted by atomic mass is 16.5. The Hall–Kier alpha value is -1.14. The first-order valence-corrected chi connectivity index (χ1v) is 6.83. The van der Waals surface area contributed by atoms with E-state index in [0.29, 0.717) is 32.6 Å². The van der Waals surface area contributed by atoms with Crippen LogP contribution in [0.25, 0.3) is 0 Å². The van der Waals surface area contributed by atoms with Gasteiger partial charge in [0.15, 0.2) is 0 Å². The molecule has 0 aromatic carbocycles. The summed E-state index contributed by atoms with van der Waals surface area (Å²) in [6.45, 7) is 6.42. The molecule has 1 aliphatic rings. The van der Waals surface area contributed by atoms with E-state index in [0.717, 1.165) is 6.54 Å². The van der Waals surface area contributed by atoms with Crippen LogP contribution >= 0.6 is 0 Å². The van der Waals surface area contributed by atoms with Gasteiger partial charge in [-0.3, -0.25) is 9.59 Å². The number of amides is 1. The Bertz CT molecular complexity index is 301. The molecule has 0 radical (unpaired) electrons. The minimum Gasteiger partial charge on any atom is -0.481 e. The molecule has 1 amide bonds. The molecule has 0 spiro atoms. The van der Waals surface area contributed by atoms with E-state index in [1.807, 2.05) is 13.8 Å².